The van der Waals surface area contributed by atoms with E-state index in [0.29, 0.717) is 17.4 Å². The maximum atomic E-state index is 13.6. The largest absolute Gasteiger partial charge is 0.756 e. The van der Waals surface area contributed by atoms with Gasteiger partial charge < -0.3 is 28.5 Å². The van der Waals surface area contributed by atoms with Crippen molar-refractivity contribution in [3.05, 3.63) is 85.1 Å². The van der Waals surface area contributed by atoms with Crippen molar-refractivity contribution < 1.29 is 37.3 Å². The molecule has 0 saturated heterocycles. The predicted octanol–water partition coefficient (Wildman–Crippen LogP) is 22.7. The number of nitrogens with one attached hydrogen (secondary N) is 1. The van der Waals surface area contributed by atoms with Gasteiger partial charge in [-0.1, -0.05) is 299 Å². The smallest absolute Gasteiger partial charge is 0.306 e. The van der Waals surface area contributed by atoms with E-state index < -0.39 is 26.6 Å². The lowest BCUT2D eigenvalue weighted by Crippen LogP contribution is -2.47. The van der Waals surface area contributed by atoms with Gasteiger partial charge in [0, 0.05) is 12.8 Å². The Bertz CT molecular complexity index is 1750. The van der Waals surface area contributed by atoms with Crippen molar-refractivity contribution in [3.63, 3.8) is 0 Å². The Morgan fingerprint density at radius 1 is 0.407 bits per heavy atom. The molecule has 0 fully saturated rings. The topological polar surface area (TPSA) is 114 Å². The van der Waals surface area contributed by atoms with Crippen molar-refractivity contribution in [1.82, 2.24) is 5.32 Å². The number of allylic oxidation sites excluding steroid dienone is 13. The van der Waals surface area contributed by atoms with Gasteiger partial charge in [-0.15, -0.1) is 0 Å². The van der Waals surface area contributed by atoms with Gasteiger partial charge >= 0.3 is 5.97 Å². The molecule has 0 aliphatic heterocycles. The number of esters is 1. The van der Waals surface area contributed by atoms with Gasteiger partial charge in [-0.05, 0) is 109 Å². The number of amides is 1. The SMILES string of the molecule is CCCCC/C=C\C/C=C\C/C=C\C/C=C\CCCCCCCCCCCC(=O)OC(/C=C/CCCCCCCCCCCC)C(COP(=O)([O-])OCC[N+](C)(C)C)NC(=O)CCCCCCCCCCCCCCC/C=C\C/C=C\CCCCC. The van der Waals surface area contributed by atoms with Crippen LogP contribution in [0.5, 0.6) is 0 Å². The first kappa shape index (κ1) is 83.2. The molecule has 0 bridgehead atoms. The molecule has 0 radical (unpaired) electrons. The van der Waals surface area contributed by atoms with E-state index in [-0.39, 0.29) is 24.9 Å². The Labute approximate surface area is 533 Å². The van der Waals surface area contributed by atoms with Crippen LogP contribution in [-0.4, -0.2) is 69.4 Å². The molecule has 0 aromatic rings. The third-order valence-electron chi connectivity index (χ3n) is 16.0. The second kappa shape index (κ2) is 65.2. The van der Waals surface area contributed by atoms with E-state index in [0.717, 1.165) is 96.3 Å². The van der Waals surface area contributed by atoms with Gasteiger partial charge in [0.2, 0.25) is 5.91 Å². The summed E-state index contributed by atoms with van der Waals surface area (Å²) in [7, 11) is 1.18. The van der Waals surface area contributed by atoms with E-state index >= 15 is 0 Å². The zero-order valence-electron chi connectivity index (χ0n) is 57.3. The van der Waals surface area contributed by atoms with Crippen molar-refractivity contribution in [3.8, 4) is 0 Å². The lowest BCUT2D eigenvalue weighted by atomic mass is 10.0. The molecule has 0 saturated carbocycles. The number of carbonyl (C=O) groups excluding carboxylic acids is 2. The monoisotopic (exact) mass is 1220 g/mol. The van der Waals surface area contributed by atoms with E-state index in [2.05, 4.69) is 99.0 Å². The van der Waals surface area contributed by atoms with Crippen LogP contribution in [0.3, 0.4) is 0 Å². The first-order chi connectivity index (χ1) is 41.9. The fourth-order valence-corrected chi connectivity index (χ4v) is 11.1. The predicted molar refractivity (Wildman–Crippen MR) is 371 cm³/mol. The minimum Gasteiger partial charge on any atom is -0.756 e. The Kier molecular flexibility index (Phi) is 63.0. The van der Waals surface area contributed by atoms with Crippen LogP contribution >= 0.6 is 7.82 Å². The average molecular weight is 1220 g/mol. The number of phosphoric ester groups is 1. The summed E-state index contributed by atoms with van der Waals surface area (Å²) in [6.07, 6.45) is 87.0. The fourth-order valence-electron chi connectivity index (χ4n) is 10.4. The molecule has 86 heavy (non-hydrogen) atoms. The van der Waals surface area contributed by atoms with Gasteiger partial charge in [0.25, 0.3) is 7.82 Å². The zero-order chi connectivity index (χ0) is 62.8. The number of quaternary nitrogens is 1. The molecule has 0 aromatic heterocycles. The molecule has 0 aliphatic carbocycles. The number of hydrogen-bond acceptors (Lipinski definition) is 7. The number of rotatable bonds is 66. The molecule has 0 spiro atoms. The molecular formula is C76H139N2O7P. The number of nitrogens with zero attached hydrogens (tertiary/aromatic N) is 1. The second-order valence-corrected chi connectivity index (χ2v) is 27.1. The van der Waals surface area contributed by atoms with Crippen LogP contribution in [0.2, 0.25) is 0 Å². The molecular weight excluding hydrogens is 1080 g/mol. The van der Waals surface area contributed by atoms with Crippen molar-refractivity contribution in [2.75, 3.05) is 40.9 Å². The van der Waals surface area contributed by atoms with Gasteiger partial charge in [-0.25, -0.2) is 0 Å². The molecule has 0 aromatic carbocycles. The van der Waals surface area contributed by atoms with E-state index in [1.54, 1.807) is 0 Å². The Morgan fingerprint density at radius 2 is 0.709 bits per heavy atom. The quantitative estimate of drug-likeness (QED) is 0.0212. The van der Waals surface area contributed by atoms with Crippen LogP contribution in [0.4, 0.5) is 0 Å². The van der Waals surface area contributed by atoms with Crippen LogP contribution in [0.15, 0.2) is 85.1 Å². The first-order valence-corrected chi connectivity index (χ1v) is 37.9. The molecule has 1 amide bonds. The molecule has 500 valence electrons. The third kappa shape index (κ3) is 65.6. The van der Waals surface area contributed by atoms with Gasteiger partial charge in [0.1, 0.15) is 19.3 Å². The van der Waals surface area contributed by atoms with Crippen molar-refractivity contribution in [1.29, 1.82) is 0 Å². The molecule has 10 heteroatoms. The number of phosphoric acid groups is 1. The highest BCUT2D eigenvalue weighted by Crippen LogP contribution is 2.38. The standard InChI is InChI=1S/C76H139N2O7P/c1-7-10-13-16-19-22-25-28-30-32-34-36-38-39-41-43-45-47-49-51-54-57-60-63-66-69-76(80)85-74(67-64-61-58-55-52-27-24-21-18-15-12-9-3)73(72-84-86(81,82)83-71-70-78(4,5)6)77-75(79)68-65-62-59-56-53-50-48-46-44-42-40-37-35-33-31-29-26-23-20-17-14-11-8-2/h19-20,22-23,28-31,34,36,39,41,64,67,73-74H,7-18,21,24-27,32-33,35,37-38,40,42-63,65-66,68-72H2,1-6H3,(H-,77,79,81,82)/b22-19-,23-20-,30-28-,31-29-,36-34-,41-39-,67-64+. The summed E-state index contributed by atoms with van der Waals surface area (Å²) in [5.41, 5.74) is 0. The van der Waals surface area contributed by atoms with Gasteiger partial charge in [-0.2, -0.15) is 0 Å². The number of hydrogen-bond donors (Lipinski definition) is 1. The molecule has 3 atom stereocenters. The fraction of sp³-hybridized carbons (Fsp3) is 0.789. The highest BCUT2D eigenvalue weighted by molar-refractivity contribution is 7.45. The molecule has 0 heterocycles. The average Bonchev–Trinajstić information content (AvgIpc) is 3.65. The molecule has 0 aliphatic rings. The first-order valence-electron chi connectivity index (χ1n) is 36.4. The summed E-state index contributed by atoms with van der Waals surface area (Å²) in [6.45, 7) is 6.82. The van der Waals surface area contributed by atoms with Crippen LogP contribution in [0, 0.1) is 0 Å². The minimum absolute atomic E-state index is 0.0255. The molecule has 1 N–H and O–H groups in total. The molecule has 0 rings (SSSR count). The molecule has 3 unspecified atom stereocenters. The summed E-state index contributed by atoms with van der Waals surface area (Å²) in [4.78, 5) is 40.2. The lowest BCUT2D eigenvalue weighted by Gasteiger charge is -2.30. The summed E-state index contributed by atoms with van der Waals surface area (Å²) in [5.74, 6) is -0.541. The van der Waals surface area contributed by atoms with Gasteiger partial charge in [0.15, 0.2) is 0 Å². The third-order valence-corrected chi connectivity index (χ3v) is 17.0. The summed E-state index contributed by atoms with van der Waals surface area (Å²) >= 11 is 0. The number of ether oxygens (including phenoxy) is 1. The minimum atomic E-state index is -4.71. The van der Waals surface area contributed by atoms with Crippen LogP contribution in [0.25, 0.3) is 0 Å². The van der Waals surface area contributed by atoms with Crippen molar-refractivity contribution >= 4 is 19.7 Å². The van der Waals surface area contributed by atoms with Gasteiger partial charge in [-0.3, -0.25) is 14.2 Å². The van der Waals surface area contributed by atoms with Crippen LogP contribution < -0.4 is 10.2 Å². The Balaban J connectivity index is 5.06. The number of unbranched alkanes of at least 4 members (excludes halogenated alkanes) is 38. The van der Waals surface area contributed by atoms with E-state index in [9.17, 15) is 19.0 Å². The van der Waals surface area contributed by atoms with E-state index in [1.807, 2.05) is 33.3 Å². The maximum absolute atomic E-state index is 13.6. The lowest BCUT2D eigenvalue weighted by molar-refractivity contribution is -0.870. The van der Waals surface area contributed by atoms with Crippen LogP contribution in [-0.2, 0) is 27.9 Å². The number of likely N-dealkylation sites (N-methyl/N-ethyl adjacent to an activating group) is 1. The highest BCUT2D eigenvalue weighted by Gasteiger charge is 2.27. The highest BCUT2D eigenvalue weighted by atomic mass is 31.2. The maximum Gasteiger partial charge on any atom is 0.306 e. The number of carbonyl (C=O) groups is 2. The second-order valence-electron chi connectivity index (χ2n) is 25.7. The normalized spacial score (nSPS) is 14.0. The van der Waals surface area contributed by atoms with E-state index in [4.69, 9.17) is 13.8 Å². The summed E-state index contributed by atoms with van der Waals surface area (Å²) in [5, 5.41) is 3.05. The summed E-state index contributed by atoms with van der Waals surface area (Å²) < 4.78 is 30.5. The molecule has 9 nitrogen and oxygen atoms in total. The zero-order valence-corrected chi connectivity index (χ0v) is 58.2. The Hall–Kier alpha value is -2.81. The van der Waals surface area contributed by atoms with Crippen molar-refractivity contribution in [2.45, 2.75) is 348 Å². The summed E-state index contributed by atoms with van der Waals surface area (Å²) in [6, 6.07) is -0.896. The van der Waals surface area contributed by atoms with Gasteiger partial charge in [0.05, 0.1) is 33.8 Å². The van der Waals surface area contributed by atoms with Crippen LogP contribution in [0.1, 0.15) is 335 Å². The van der Waals surface area contributed by atoms with E-state index in [1.165, 1.54) is 205 Å². The van der Waals surface area contributed by atoms with Crippen molar-refractivity contribution in [2.24, 2.45) is 0 Å². The Morgan fingerprint density at radius 3 is 1.08 bits per heavy atom.